The number of para-hydroxylation sites is 1. The monoisotopic (exact) mass is 361 g/mol. The largest absolute Gasteiger partial charge is 0.451 e. The van der Waals surface area contributed by atoms with Gasteiger partial charge in [-0.25, -0.2) is 0 Å². The first-order valence-corrected chi connectivity index (χ1v) is 8.27. The highest BCUT2D eigenvalue weighted by Crippen LogP contribution is 2.12. The second-order valence-corrected chi connectivity index (χ2v) is 6.00. The molecular weight excluding hydrogens is 346 g/mol. The summed E-state index contributed by atoms with van der Waals surface area (Å²) in [6.07, 6.45) is 0. The van der Waals surface area contributed by atoms with Gasteiger partial charge < -0.3 is 9.73 Å². The van der Waals surface area contributed by atoms with Gasteiger partial charge in [-0.2, -0.15) is 4.68 Å². The molecule has 0 spiro atoms. The van der Waals surface area contributed by atoms with Crippen LogP contribution < -0.4 is 10.7 Å². The van der Waals surface area contributed by atoms with Gasteiger partial charge in [0.15, 0.2) is 17.0 Å². The molecule has 0 radical (unpaired) electrons. The van der Waals surface area contributed by atoms with E-state index in [2.05, 4.69) is 20.8 Å². The van der Waals surface area contributed by atoms with Gasteiger partial charge >= 0.3 is 0 Å². The van der Waals surface area contributed by atoms with Crippen LogP contribution in [0.5, 0.6) is 0 Å². The van der Waals surface area contributed by atoms with Gasteiger partial charge in [0.05, 0.1) is 17.6 Å². The minimum Gasteiger partial charge on any atom is -0.451 e. The lowest BCUT2D eigenvalue weighted by atomic mass is 10.2. The van der Waals surface area contributed by atoms with E-state index in [-0.39, 0.29) is 17.7 Å². The van der Waals surface area contributed by atoms with Crippen molar-refractivity contribution in [2.24, 2.45) is 0 Å². The molecule has 0 aliphatic carbocycles. The molecule has 4 aromatic rings. The van der Waals surface area contributed by atoms with Crippen molar-refractivity contribution < 1.29 is 9.21 Å². The zero-order valence-corrected chi connectivity index (χ0v) is 14.4. The third kappa shape index (κ3) is 3.32. The molecule has 8 nitrogen and oxygen atoms in total. The summed E-state index contributed by atoms with van der Waals surface area (Å²) in [5.74, 6) is -0.125. The number of amides is 1. The lowest BCUT2D eigenvalue weighted by Gasteiger charge is -2.07. The lowest BCUT2D eigenvalue weighted by Crippen LogP contribution is -2.25. The van der Waals surface area contributed by atoms with Crippen LogP contribution in [0.1, 0.15) is 21.9 Å². The maximum Gasteiger partial charge on any atom is 0.287 e. The summed E-state index contributed by atoms with van der Waals surface area (Å²) in [7, 11) is 0. The van der Waals surface area contributed by atoms with Crippen molar-refractivity contribution in [3.8, 4) is 5.69 Å². The second kappa shape index (κ2) is 6.83. The summed E-state index contributed by atoms with van der Waals surface area (Å²) in [5, 5.41) is 14.7. The van der Waals surface area contributed by atoms with Gasteiger partial charge in [-0.3, -0.25) is 9.59 Å². The molecule has 2 aromatic carbocycles. The van der Waals surface area contributed by atoms with E-state index in [9.17, 15) is 9.59 Å². The Morgan fingerprint density at radius 2 is 1.93 bits per heavy atom. The van der Waals surface area contributed by atoms with Crippen LogP contribution in [0.3, 0.4) is 0 Å². The van der Waals surface area contributed by atoms with E-state index in [1.165, 1.54) is 10.7 Å². The summed E-state index contributed by atoms with van der Waals surface area (Å²) in [5.41, 5.74) is 1.99. The number of nitrogens with zero attached hydrogens (tertiary/aromatic N) is 4. The number of carbonyl (C=O) groups is 1. The average Bonchev–Trinajstić information content (AvgIpc) is 3.15. The van der Waals surface area contributed by atoms with Crippen LogP contribution in [-0.4, -0.2) is 26.1 Å². The van der Waals surface area contributed by atoms with Crippen LogP contribution in [-0.2, 0) is 6.54 Å². The van der Waals surface area contributed by atoms with Gasteiger partial charge in [0.25, 0.3) is 5.91 Å². The first kappa shape index (κ1) is 16.6. The third-order valence-electron chi connectivity index (χ3n) is 4.08. The standard InChI is InChI=1S/C19H15N5O3/c1-12-6-8-13(9-7-12)24-18(21-22-23-24)11-20-19(26)17-10-15(25)14-4-2-3-5-16(14)27-17/h2-10H,11H2,1H3,(H,20,26). The summed E-state index contributed by atoms with van der Waals surface area (Å²) >= 11 is 0. The second-order valence-electron chi connectivity index (χ2n) is 6.00. The Morgan fingerprint density at radius 1 is 1.15 bits per heavy atom. The highest BCUT2D eigenvalue weighted by molar-refractivity contribution is 5.93. The van der Waals surface area contributed by atoms with Crippen LogP contribution in [0, 0.1) is 6.92 Å². The molecular formula is C19H15N5O3. The maximum atomic E-state index is 12.4. The number of aryl methyl sites for hydroxylation is 1. The Hall–Kier alpha value is -3.81. The van der Waals surface area contributed by atoms with E-state index in [1.54, 1.807) is 24.3 Å². The predicted molar refractivity (Wildman–Crippen MR) is 97.5 cm³/mol. The van der Waals surface area contributed by atoms with E-state index < -0.39 is 5.91 Å². The van der Waals surface area contributed by atoms with Crippen LogP contribution >= 0.6 is 0 Å². The van der Waals surface area contributed by atoms with E-state index >= 15 is 0 Å². The SMILES string of the molecule is Cc1ccc(-n2nnnc2CNC(=O)c2cc(=O)c3ccccc3o2)cc1. The number of tetrazole rings is 1. The smallest absolute Gasteiger partial charge is 0.287 e. The van der Waals surface area contributed by atoms with Crippen LogP contribution in [0.25, 0.3) is 16.7 Å². The average molecular weight is 361 g/mol. The third-order valence-corrected chi connectivity index (χ3v) is 4.08. The molecule has 0 saturated carbocycles. The molecule has 4 rings (SSSR count). The number of benzene rings is 2. The number of hydrogen-bond donors (Lipinski definition) is 1. The first-order chi connectivity index (χ1) is 13.1. The van der Waals surface area contributed by atoms with Crippen molar-refractivity contribution in [2.75, 3.05) is 0 Å². The van der Waals surface area contributed by atoms with Gasteiger partial charge in [0, 0.05) is 6.07 Å². The predicted octanol–water partition coefficient (Wildman–Crippen LogP) is 2.01. The Kier molecular flexibility index (Phi) is 4.21. The number of aromatic nitrogens is 4. The lowest BCUT2D eigenvalue weighted by molar-refractivity contribution is 0.0922. The number of fused-ring (bicyclic) bond motifs is 1. The molecule has 1 amide bonds. The van der Waals surface area contributed by atoms with Crippen molar-refractivity contribution in [3.05, 3.63) is 82.0 Å². The summed E-state index contributed by atoms with van der Waals surface area (Å²) < 4.78 is 7.07. The Bertz CT molecular complexity index is 1180. The quantitative estimate of drug-likeness (QED) is 0.596. The summed E-state index contributed by atoms with van der Waals surface area (Å²) in [6, 6.07) is 15.6. The molecule has 0 aliphatic heterocycles. The minimum absolute atomic E-state index is 0.0620. The molecule has 2 heterocycles. The molecule has 134 valence electrons. The molecule has 0 saturated heterocycles. The van der Waals surface area contributed by atoms with Gasteiger partial charge in [-0.1, -0.05) is 29.8 Å². The van der Waals surface area contributed by atoms with Crippen molar-refractivity contribution in [2.45, 2.75) is 13.5 Å². The highest BCUT2D eigenvalue weighted by atomic mass is 16.3. The number of rotatable bonds is 4. The van der Waals surface area contributed by atoms with Gasteiger partial charge in [-0.05, 0) is 41.6 Å². The fraction of sp³-hybridized carbons (Fsp3) is 0.105. The zero-order chi connectivity index (χ0) is 18.8. The Balaban J connectivity index is 1.55. The molecule has 2 aromatic heterocycles. The van der Waals surface area contributed by atoms with Crippen LogP contribution in [0.4, 0.5) is 0 Å². The van der Waals surface area contributed by atoms with Gasteiger partial charge in [0.2, 0.25) is 0 Å². The maximum absolute atomic E-state index is 12.4. The molecule has 1 N–H and O–H groups in total. The molecule has 27 heavy (non-hydrogen) atoms. The van der Waals surface area contributed by atoms with Crippen molar-refractivity contribution in [3.63, 3.8) is 0 Å². The Morgan fingerprint density at radius 3 is 2.74 bits per heavy atom. The van der Waals surface area contributed by atoms with Crippen LogP contribution in [0.15, 0.2) is 63.8 Å². The first-order valence-electron chi connectivity index (χ1n) is 8.27. The topological polar surface area (TPSA) is 103 Å². The molecule has 0 fully saturated rings. The summed E-state index contributed by atoms with van der Waals surface area (Å²) in [4.78, 5) is 24.5. The molecule has 0 aliphatic rings. The van der Waals surface area contributed by atoms with E-state index in [0.29, 0.717) is 16.8 Å². The number of carbonyl (C=O) groups excluding carboxylic acids is 1. The molecule has 0 atom stereocenters. The minimum atomic E-state index is -0.517. The molecule has 0 unspecified atom stereocenters. The van der Waals surface area contributed by atoms with Crippen molar-refractivity contribution in [1.82, 2.24) is 25.5 Å². The number of nitrogens with one attached hydrogen (secondary N) is 1. The van der Waals surface area contributed by atoms with E-state index in [0.717, 1.165) is 11.3 Å². The fourth-order valence-electron chi connectivity index (χ4n) is 2.66. The normalized spacial score (nSPS) is 10.9. The summed E-state index contributed by atoms with van der Waals surface area (Å²) in [6.45, 7) is 2.07. The zero-order valence-electron chi connectivity index (χ0n) is 14.4. The Labute approximate surface area is 153 Å². The van der Waals surface area contributed by atoms with Gasteiger partial charge in [-0.15, -0.1) is 5.10 Å². The van der Waals surface area contributed by atoms with Gasteiger partial charge in [0.1, 0.15) is 5.58 Å². The van der Waals surface area contributed by atoms with E-state index in [1.807, 2.05) is 31.2 Å². The molecule has 8 heteroatoms. The van der Waals surface area contributed by atoms with Crippen LogP contribution in [0.2, 0.25) is 0 Å². The van der Waals surface area contributed by atoms with Crippen molar-refractivity contribution in [1.29, 1.82) is 0 Å². The fourth-order valence-corrected chi connectivity index (χ4v) is 2.66. The highest BCUT2D eigenvalue weighted by Gasteiger charge is 2.14. The molecule has 0 bridgehead atoms. The number of hydrogen-bond acceptors (Lipinski definition) is 6. The van der Waals surface area contributed by atoms with Crippen molar-refractivity contribution >= 4 is 16.9 Å². The van der Waals surface area contributed by atoms with E-state index in [4.69, 9.17) is 4.42 Å².